The van der Waals surface area contributed by atoms with Crippen molar-refractivity contribution < 1.29 is 14.3 Å². The van der Waals surface area contributed by atoms with E-state index >= 15 is 0 Å². The summed E-state index contributed by atoms with van der Waals surface area (Å²) in [5.74, 6) is 2.28. The second-order valence-corrected chi connectivity index (χ2v) is 10.1. The average Bonchev–Trinajstić information content (AvgIpc) is 3.39. The van der Waals surface area contributed by atoms with Gasteiger partial charge < -0.3 is 19.3 Å². The van der Waals surface area contributed by atoms with E-state index in [2.05, 4.69) is 30.8 Å². The Morgan fingerprint density at radius 2 is 1.87 bits per heavy atom. The highest BCUT2D eigenvalue weighted by Crippen LogP contribution is 2.38. The number of amides is 1. The molecular weight excluding hydrogens is 480 g/mol. The molecule has 0 aliphatic carbocycles. The van der Waals surface area contributed by atoms with Crippen molar-refractivity contribution in [3.63, 3.8) is 0 Å². The smallest absolute Gasteiger partial charge is 0.256 e. The van der Waals surface area contributed by atoms with Gasteiger partial charge in [0, 0.05) is 50.4 Å². The molecule has 0 N–H and O–H groups in total. The molecule has 6 rings (SSSR count). The Morgan fingerprint density at radius 3 is 2.74 bits per heavy atom. The quantitative estimate of drug-likeness (QED) is 0.421. The number of hydrogen-bond acceptors (Lipinski definition) is 8. The van der Waals surface area contributed by atoms with Gasteiger partial charge in [-0.25, -0.2) is 9.97 Å². The van der Waals surface area contributed by atoms with Gasteiger partial charge in [-0.05, 0) is 50.4 Å². The molecule has 0 radical (unpaired) electrons. The SMILES string of the molecule is COc1cc2c(cc1OCCCCN1CCN(c3ncnc4ccccc34)CC1)N=C[C@@H]1CCCN1C2=O. The summed E-state index contributed by atoms with van der Waals surface area (Å²) < 4.78 is 11.7. The molecule has 38 heavy (non-hydrogen) atoms. The minimum absolute atomic E-state index is 0.0258. The van der Waals surface area contributed by atoms with Crippen LogP contribution in [0.2, 0.25) is 0 Å². The zero-order valence-corrected chi connectivity index (χ0v) is 21.9. The maximum atomic E-state index is 13.0. The zero-order valence-electron chi connectivity index (χ0n) is 21.9. The molecule has 0 spiro atoms. The van der Waals surface area contributed by atoms with E-state index < -0.39 is 0 Å². The van der Waals surface area contributed by atoms with Gasteiger partial charge in [0.1, 0.15) is 12.1 Å². The Hall–Kier alpha value is -3.72. The number of hydrogen-bond donors (Lipinski definition) is 0. The van der Waals surface area contributed by atoms with Gasteiger partial charge in [-0.1, -0.05) is 12.1 Å². The molecule has 9 nitrogen and oxygen atoms in total. The number of para-hydroxylation sites is 1. The highest BCUT2D eigenvalue weighted by Gasteiger charge is 2.32. The molecule has 0 unspecified atom stereocenters. The van der Waals surface area contributed by atoms with Gasteiger partial charge in [-0.3, -0.25) is 14.7 Å². The summed E-state index contributed by atoms with van der Waals surface area (Å²) in [6, 6.07) is 11.9. The molecular formula is C29H34N6O3. The normalized spacial score (nSPS) is 19.4. The number of methoxy groups -OCH3 is 1. The minimum Gasteiger partial charge on any atom is -0.493 e. The molecule has 0 saturated carbocycles. The van der Waals surface area contributed by atoms with Gasteiger partial charge in [0.05, 0.1) is 36.5 Å². The first-order valence-electron chi connectivity index (χ1n) is 13.6. The number of carbonyl (C=O) groups excluding carboxylic acids is 1. The summed E-state index contributed by atoms with van der Waals surface area (Å²) in [7, 11) is 1.61. The summed E-state index contributed by atoms with van der Waals surface area (Å²) in [6.07, 6.45) is 7.55. The molecule has 1 aromatic heterocycles. The molecule has 9 heteroatoms. The predicted molar refractivity (Wildman–Crippen MR) is 148 cm³/mol. The number of benzene rings is 2. The monoisotopic (exact) mass is 514 g/mol. The van der Waals surface area contributed by atoms with Gasteiger partial charge in [0.2, 0.25) is 0 Å². The summed E-state index contributed by atoms with van der Waals surface area (Å²) in [6.45, 7) is 6.36. The molecule has 0 bridgehead atoms. The van der Waals surface area contributed by atoms with E-state index in [9.17, 15) is 4.79 Å². The molecule has 198 valence electrons. The Balaban J connectivity index is 0.992. The molecule has 3 aliphatic rings. The predicted octanol–water partition coefficient (Wildman–Crippen LogP) is 3.94. The summed E-state index contributed by atoms with van der Waals surface area (Å²) >= 11 is 0. The van der Waals surface area contributed by atoms with Crippen LogP contribution in [-0.2, 0) is 0 Å². The van der Waals surface area contributed by atoms with Crippen LogP contribution in [0.4, 0.5) is 11.5 Å². The lowest BCUT2D eigenvalue weighted by Gasteiger charge is -2.35. The van der Waals surface area contributed by atoms with Crippen LogP contribution in [0.5, 0.6) is 11.5 Å². The van der Waals surface area contributed by atoms with Crippen molar-refractivity contribution in [3.8, 4) is 11.5 Å². The fourth-order valence-electron chi connectivity index (χ4n) is 5.67. The molecule has 1 amide bonds. The third-order valence-electron chi connectivity index (χ3n) is 7.78. The third-order valence-corrected chi connectivity index (χ3v) is 7.78. The van der Waals surface area contributed by atoms with Gasteiger partial charge in [-0.15, -0.1) is 0 Å². The van der Waals surface area contributed by atoms with Gasteiger partial charge >= 0.3 is 0 Å². The minimum atomic E-state index is 0.0258. The van der Waals surface area contributed by atoms with E-state index in [1.54, 1.807) is 19.5 Å². The summed E-state index contributed by atoms with van der Waals surface area (Å²) in [4.78, 5) is 33.4. The van der Waals surface area contributed by atoms with Crippen molar-refractivity contribution in [3.05, 3.63) is 48.3 Å². The van der Waals surface area contributed by atoms with Crippen molar-refractivity contribution in [1.29, 1.82) is 0 Å². The van der Waals surface area contributed by atoms with Crippen molar-refractivity contribution in [2.24, 2.45) is 4.99 Å². The fraction of sp³-hybridized carbons (Fsp3) is 0.448. The molecule has 3 aliphatic heterocycles. The van der Waals surface area contributed by atoms with E-state index in [1.807, 2.05) is 35.4 Å². The number of carbonyl (C=O) groups is 1. The van der Waals surface area contributed by atoms with Crippen molar-refractivity contribution in [2.45, 2.75) is 31.7 Å². The largest absolute Gasteiger partial charge is 0.493 e. The lowest BCUT2D eigenvalue weighted by molar-refractivity contribution is 0.0774. The van der Waals surface area contributed by atoms with E-state index in [4.69, 9.17) is 9.47 Å². The highest BCUT2D eigenvalue weighted by molar-refractivity contribution is 6.03. The van der Waals surface area contributed by atoms with Gasteiger partial charge in [-0.2, -0.15) is 0 Å². The van der Waals surface area contributed by atoms with E-state index in [0.717, 1.165) is 81.7 Å². The maximum Gasteiger partial charge on any atom is 0.256 e. The molecule has 1 atom stereocenters. The third kappa shape index (κ3) is 4.90. The van der Waals surface area contributed by atoms with Crippen LogP contribution in [0.15, 0.2) is 47.7 Å². The van der Waals surface area contributed by atoms with Crippen LogP contribution in [0, 0.1) is 0 Å². The van der Waals surface area contributed by atoms with Crippen LogP contribution in [0.25, 0.3) is 10.9 Å². The zero-order chi connectivity index (χ0) is 25.9. The number of aromatic nitrogens is 2. The van der Waals surface area contributed by atoms with Crippen molar-refractivity contribution in [2.75, 3.05) is 57.9 Å². The van der Waals surface area contributed by atoms with E-state index in [-0.39, 0.29) is 11.9 Å². The Morgan fingerprint density at radius 1 is 1.00 bits per heavy atom. The summed E-state index contributed by atoms with van der Waals surface area (Å²) in [5.41, 5.74) is 2.24. The number of piperazine rings is 1. The van der Waals surface area contributed by atoms with Crippen LogP contribution in [-0.4, -0.2) is 90.9 Å². The average molecular weight is 515 g/mol. The van der Waals surface area contributed by atoms with E-state index in [1.165, 1.54) is 0 Å². The first-order valence-corrected chi connectivity index (χ1v) is 13.6. The lowest BCUT2D eigenvalue weighted by atomic mass is 10.1. The van der Waals surface area contributed by atoms with Crippen molar-refractivity contribution >= 4 is 34.5 Å². The second kappa shape index (κ2) is 10.9. The van der Waals surface area contributed by atoms with Gasteiger partial charge in [0.15, 0.2) is 11.5 Å². The Labute approximate surface area is 223 Å². The number of fused-ring (bicyclic) bond motifs is 3. The molecule has 4 heterocycles. The number of ether oxygens (including phenoxy) is 2. The lowest BCUT2D eigenvalue weighted by Crippen LogP contribution is -2.47. The standard InChI is InChI=1S/C29H34N6O3/c1-37-26-17-23-25(30-19-21-7-6-11-35(21)29(23)36)18-27(26)38-16-5-4-10-33-12-14-34(15-13-33)28-22-8-2-3-9-24(22)31-20-32-28/h2-3,8-9,17-21H,4-7,10-16H2,1H3/t21-/m0/s1. The second-order valence-electron chi connectivity index (χ2n) is 10.1. The number of nitrogens with zero attached hydrogens (tertiary/aromatic N) is 6. The highest BCUT2D eigenvalue weighted by atomic mass is 16.5. The number of rotatable bonds is 8. The summed E-state index contributed by atoms with van der Waals surface area (Å²) in [5, 5.41) is 1.12. The van der Waals surface area contributed by atoms with Gasteiger partial charge in [0.25, 0.3) is 5.91 Å². The fourth-order valence-corrected chi connectivity index (χ4v) is 5.67. The first-order chi connectivity index (χ1) is 18.7. The molecule has 2 saturated heterocycles. The molecule has 2 fully saturated rings. The number of aliphatic imine (C=N–C) groups is 1. The number of anilines is 1. The van der Waals surface area contributed by atoms with Crippen LogP contribution < -0.4 is 14.4 Å². The maximum absolute atomic E-state index is 13.0. The Bertz CT molecular complexity index is 1330. The topological polar surface area (TPSA) is 83.4 Å². The van der Waals surface area contributed by atoms with Crippen LogP contribution in [0.1, 0.15) is 36.0 Å². The Kier molecular flexibility index (Phi) is 7.09. The molecule has 2 aromatic carbocycles. The van der Waals surface area contributed by atoms with Crippen LogP contribution in [0.3, 0.4) is 0 Å². The first kappa shape index (κ1) is 24.6. The van der Waals surface area contributed by atoms with Crippen LogP contribution >= 0.6 is 0 Å². The van der Waals surface area contributed by atoms with E-state index in [0.29, 0.717) is 29.4 Å². The number of unbranched alkanes of at least 4 members (excludes halogenated alkanes) is 1. The molecule has 3 aromatic rings. The van der Waals surface area contributed by atoms with Crippen molar-refractivity contribution in [1.82, 2.24) is 19.8 Å².